The number of rotatable bonds is 10. The minimum absolute atomic E-state index is 0.0625. The second-order valence-corrected chi connectivity index (χ2v) is 10.4. The molecule has 0 unspecified atom stereocenters. The number of carboxylic acid groups (broad SMARTS) is 1. The average molecular weight is 438 g/mol. The zero-order valence-electron chi connectivity index (χ0n) is 20.6. The van der Waals surface area contributed by atoms with Crippen molar-refractivity contribution in [1.29, 1.82) is 0 Å². The molecule has 0 aromatic rings. The Kier molecular flexibility index (Phi) is 10.4. The van der Waals surface area contributed by atoms with Crippen molar-refractivity contribution in [2.45, 2.75) is 98.8 Å². The molecule has 1 rings (SSSR count). The molecule has 0 saturated carbocycles. The van der Waals surface area contributed by atoms with Crippen LogP contribution >= 0.6 is 0 Å². The van der Waals surface area contributed by atoms with Gasteiger partial charge >= 0.3 is 5.97 Å². The zero-order chi connectivity index (χ0) is 23.9. The predicted molar refractivity (Wildman–Crippen MR) is 124 cm³/mol. The highest BCUT2D eigenvalue weighted by atomic mass is 16.4. The molecule has 0 radical (unpaired) electrons. The lowest BCUT2D eigenvalue weighted by Gasteiger charge is -2.39. The summed E-state index contributed by atoms with van der Waals surface area (Å²) in [6, 6.07) is -0.798. The second-order valence-electron chi connectivity index (χ2n) is 10.4. The van der Waals surface area contributed by atoms with Crippen molar-refractivity contribution in [1.82, 2.24) is 15.5 Å². The molecule has 0 aromatic carbocycles. The minimum atomic E-state index is -0.971. The quantitative estimate of drug-likeness (QED) is 0.455. The highest BCUT2D eigenvalue weighted by Crippen LogP contribution is 2.23. The van der Waals surface area contributed by atoms with Crippen molar-refractivity contribution < 1.29 is 19.5 Å². The van der Waals surface area contributed by atoms with Gasteiger partial charge in [0.2, 0.25) is 5.91 Å². The largest absolute Gasteiger partial charge is 0.478 e. The van der Waals surface area contributed by atoms with Gasteiger partial charge in [-0.2, -0.15) is 0 Å². The summed E-state index contributed by atoms with van der Waals surface area (Å²) >= 11 is 0. The van der Waals surface area contributed by atoms with Crippen molar-refractivity contribution in [3.8, 4) is 0 Å². The summed E-state index contributed by atoms with van der Waals surface area (Å²) in [5.74, 6) is -1.03. The monoisotopic (exact) mass is 437 g/mol. The highest BCUT2D eigenvalue weighted by Gasteiger charge is 2.37. The molecule has 1 amide bonds. The van der Waals surface area contributed by atoms with Crippen LogP contribution in [0.3, 0.4) is 0 Å². The van der Waals surface area contributed by atoms with Gasteiger partial charge in [0.25, 0.3) is 0 Å². The van der Waals surface area contributed by atoms with Crippen molar-refractivity contribution in [3.63, 3.8) is 0 Å². The summed E-state index contributed by atoms with van der Waals surface area (Å²) in [6.07, 6.45) is 4.56. The van der Waals surface area contributed by atoms with Gasteiger partial charge in [-0.15, -0.1) is 0 Å². The SMILES string of the molecule is CC(=C[C@@H](NCC(=O)[C@@H](NC(=O)[C@H]1CCCCN1C(C)C)C(C)(C)C)C(C)C)C(=O)O. The summed E-state index contributed by atoms with van der Waals surface area (Å²) in [4.78, 5) is 39.7. The molecule has 1 fully saturated rings. The molecule has 0 spiro atoms. The highest BCUT2D eigenvalue weighted by molar-refractivity contribution is 5.92. The van der Waals surface area contributed by atoms with E-state index in [1.165, 1.54) is 0 Å². The number of nitrogens with one attached hydrogen (secondary N) is 2. The lowest BCUT2D eigenvalue weighted by Crippen LogP contribution is -2.58. The Labute approximate surface area is 188 Å². The van der Waals surface area contributed by atoms with Gasteiger partial charge in [-0.05, 0) is 51.5 Å². The summed E-state index contributed by atoms with van der Waals surface area (Å²) in [5, 5.41) is 15.4. The van der Waals surface area contributed by atoms with E-state index in [9.17, 15) is 14.4 Å². The predicted octanol–water partition coefficient (Wildman–Crippen LogP) is 2.99. The average Bonchev–Trinajstić information content (AvgIpc) is 2.67. The van der Waals surface area contributed by atoms with E-state index < -0.39 is 17.4 Å². The Morgan fingerprint density at radius 3 is 2.23 bits per heavy atom. The molecular weight excluding hydrogens is 394 g/mol. The maximum atomic E-state index is 13.1. The molecule has 3 atom stereocenters. The zero-order valence-corrected chi connectivity index (χ0v) is 20.6. The van der Waals surface area contributed by atoms with Gasteiger partial charge in [0.15, 0.2) is 5.78 Å². The molecule has 0 aromatic heterocycles. The summed E-state index contributed by atoms with van der Waals surface area (Å²) in [5.41, 5.74) is -0.197. The van der Waals surface area contributed by atoms with Crippen LogP contribution in [0.25, 0.3) is 0 Å². The standard InChI is InChI=1S/C24H43N3O4/c1-15(2)18(13-17(5)23(30)31)25-14-20(28)21(24(6,7)8)26-22(29)19-11-9-10-12-27(19)16(3)4/h13,15-16,18-19,21,25H,9-12,14H2,1-8H3,(H,26,29)(H,30,31)/t18-,19-,21-/m1/s1. The minimum Gasteiger partial charge on any atom is -0.478 e. The first-order valence-corrected chi connectivity index (χ1v) is 11.5. The lowest BCUT2D eigenvalue weighted by molar-refractivity contribution is -0.134. The second kappa shape index (κ2) is 11.8. The van der Waals surface area contributed by atoms with Gasteiger partial charge in [0.05, 0.1) is 18.6 Å². The maximum absolute atomic E-state index is 13.1. The van der Waals surface area contributed by atoms with Gasteiger partial charge in [0.1, 0.15) is 0 Å². The van der Waals surface area contributed by atoms with Gasteiger partial charge in [-0.3, -0.25) is 14.5 Å². The molecule has 7 nitrogen and oxygen atoms in total. The van der Waals surface area contributed by atoms with E-state index in [0.29, 0.717) is 0 Å². The number of piperidine rings is 1. The number of hydrogen-bond acceptors (Lipinski definition) is 5. The van der Waals surface area contributed by atoms with Crippen LogP contribution < -0.4 is 10.6 Å². The molecular formula is C24H43N3O4. The number of carboxylic acids is 1. The number of amides is 1. The van der Waals surface area contributed by atoms with Crippen LogP contribution in [0.1, 0.15) is 74.7 Å². The van der Waals surface area contributed by atoms with Crippen molar-refractivity contribution in [2.24, 2.45) is 11.3 Å². The number of carbonyl (C=O) groups is 3. The number of carbonyl (C=O) groups excluding carboxylic acids is 2. The third-order valence-corrected chi connectivity index (χ3v) is 5.98. The first kappa shape index (κ1) is 27.3. The van der Waals surface area contributed by atoms with Crippen molar-refractivity contribution in [3.05, 3.63) is 11.6 Å². The molecule has 1 heterocycles. The fourth-order valence-corrected chi connectivity index (χ4v) is 4.02. The Hall–Kier alpha value is -1.73. The van der Waals surface area contributed by atoms with E-state index >= 15 is 0 Å². The Morgan fingerprint density at radius 2 is 1.74 bits per heavy atom. The molecule has 0 aliphatic carbocycles. The molecule has 0 bridgehead atoms. The third-order valence-electron chi connectivity index (χ3n) is 5.98. The van der Waals surface area contributed by atoms with E-state index in [4.69, 9.17) is 5.11 Å². The van der Waals surface area contributed by atoms with Gasteiger partial charge in [0, 0.05) is 17.7 Å². The Morgan fingerprint density at radius 1 is 1.13 bits per heavy atom. The van der Waals surface area contributed by atoms with Crippen LogP contribution in [0.2, 0.25) is 0 Å². The molecule has 1 saturated heterocycles. The molecule has 1 aliphatic heterocycles. The fourth-order valence-electron chi connectivity index (χ4n) is 4.02. The van der Waals surface area contributed by atoms with Crippen LogP contribution in [0.4, 0.5) is 0 Å². The molecule has 31 heavy (non-hydrogen) atoms. The number of aliphatic carboxylic acids is 1. The smallest absolute Gasteiger partial charge is 0.331 e. The summed E-state index contributed by atoms with van der Waals surface area (Å²) < 4.78 is 0. The summed E-state index contributed by atoms with van der Waals surface area (Å²) in [7, 11) is 0. The molecule has 3 N–H and O–H groups in total. The van der Waals surface area contributed by atoms with Gasteiger partial charge in [-0.25, -0.2) is 4.79 Å². The topological polar surface area (TPSA) is 98.7 Å². The fraction of sp³-hybridized carbons (Fsp3) is 0.792. The van der Waals surface area contributed by atoms with Crippen LogP contribution in [0.15, 0.2) is 11.6 Å². The molecule has 1 aliphatic rings. The van der Waals surface area contributed by atoms with Crippen LogP contribution in [0.5, 0.6) is 0 Å². The normalized spacial score (nSPS) is 20.6. The van der Waals surface area contributed by atoms with Crippen molar-refractivity contribution >= 4 is 17.7 Å². The molecule has 7 heteroatoms. The number of nitrogens with zero attached hydrogens (tertiary/aromatic N) is 1. The lowest BCUT2D eigenvalue weighted by atomic mass is 9.83. The number of hydrogen-bond donors (Lipinski definition) is 3. The number of ketones is 1. The van der Waals surface area contributed by atoms with Gasteiger partial charge < -0.3 is 15.7 Å². The maximum Gasteiger partial charge on any atom is 0.331 e. The van der Waals surface area contributed by atoms with Crippen LogP contribution in [-0.2, 0) is 14.4 Å². The van der Waals surface area contributed by atoms with Gasteiger partial charge in [-0.1, -0.05) is 47.1 Å². The Bertz CT molecular complexity index is 664. The first-order chi connectivity index (χ1) is 14.3. The van der Waals surface area contributed by atoms with E-state index in [-0.39, 0.29) is 47.9 Å². The molecule has 178 valence electrons. The van der Waals surface area contributed by atoms with Crippen molar-refractivity contribution in [2.75, 3.05) is 13.1 Å². The van der Waals surface area contributed by atoms with E-state index in [2.05, 4.69) is 29.4 Å². The van der Waals surface area contributed by atoms with Crippen LogP contribution in [0, 0.1) is 11.3 Å². The number of Topliss-reactive ketones (excluding diaryl/α,β-unsaturated/α-hetero) is 1. The number of likely N-dealkylation sites (tertiary alicyclic amines) is 1. The third kappa shape index (κ3) is 8.37. The van der Waals surface area contributed by atoms with E-state index in [1.54, 1.807) is 13.0 Å². The van der Waals surface area contributed by atoms with Crippen LogP contribution in [-0.4, -0.2) is 64.9 Å². The Balaban J connectivity index is 2.91. The van der Waals surface area contributed by atoms with E-state index in [1.807, 2.05) is 34.6 Å². The summed E-state index contributed by atoms with van der Waals surface area (Å²) in [6.45, 7) is 16.5. The van der Waals surface area contributed by atoms with E-state index in [0.717, 1.165) is 25.8 Å². The first-order valence-electron chi connectivity index (χ1n) is 11.5.